The van der Waals surface area contributed by atoms with E-state index in [0.717, 1.165) is 15.1 Å². The SMILES string of the molecule is COCC(Nc1ccc2c(c1)Sc1cccc(Br)c1S2)C(=O)OC(C)(C)C. The van der Waals surface area contributed by atoms with Gasteiger partial charge in [0.1, 0.15) is 11.6 Å². The van der Waals surface area contributed by atoms with Gasteiger partial charge < -0.3 is 14.8 Å². The molecule has 27 heavy (non-hydrogen) atoms. The minimum Gasteiger partial charge on any atom is -0.458 e. The third kappa shape index (κ3) is 5.22. The van der Waals surface area contributed by atoms with E-state index in [-0.39, 0.29) is 12.6 Å². The van der Waals surface area contributed by atoms with E-state index >= 15 is 0 Å². The van der Waals surface area contributed by atoms with Crippen molar-refractivity contribution in [3.8, 4) is 0 Å². The number of methoxy groups -OCH3 is 1. The summed E-state index contributed by atoms with van der Waals surface area (Å²) in [5.74, 6) is -0.321. The fraction of sp³-hybridized carbons (Fsp3) is 0.350. The van der Waals surface area contributed by atoms with Crippen LogP contribution in [-0.4, -0.2) is 31.3 Å². The Morgan fingerprint density at radius 2 is 1.93 bits per heavy atom. The smallest absolute Gasteiger partial charge is 0.331 e. The van der Waals surface area contributed by atoms with Crippen LogP contribution in [0.4, 0.5) is 5.69 Å². The molecule has 3 rings (SSSR count). The lowest BCUT2D eigenvalue weighted by molar-refractivity contribution is -0.156. The number of nitrogens with one attached hydrogen (secondary N) is 1. The maximum Gasteiger partial charge on any atom is 0.331 e. The maximum atomic E-state index is 12.5. The predicted molar refractivity (Wildman–Crippen MR) is 114 cm³/mol. The van der Waals surface area contributed by atoms with Crippen LogP contribution in [0.3, 0.4) is 0 Å². The Bertz CT molecular complexity index is 852. The van der Waals surface area contributed by atoms with Crippen LogP contribution in [0.5, 0.6) is 0 Å². The first-order chi connectivity index (χ1) is 12.8. The first kappa shape index (κ1) is 20.6. The molecule has 0 saturated heterocycles. The van der Waals surface area contributed by atoms with Gasteiger partial charge in [0.25, 0.3) is 0 Å². The summed E-state index contributed by atoms with van der Waals surface area (Å²) in [5, 5.41) is 3.26. The Kier molecular flexibility index (Phi) is 6.46. The summed E-state index contributed by atoms with van der Waals surface area (Å²) in [4.78, 5) is 17.3. The molecule has 7 heteroatoms. The molecule has 0 radical (unpaired) electrons. The molecule has 0 spiro atoms. The summed E-state index contributed by atoms with van der Waals surface area (Å²) in [6.07, 6.45) is 0. The summed E-state index contributed by atoms with van der Waals surface area (Å²) in [7, 11) is 1.58. The zero-order valence-electron chi connectivity index (χ0n) is 15.7. The lowest BCUT2D eigenvalue weighted by Gasteiger charge is -2.25. The number of anilines is 1. The van der Waals surface area contributed by atoms with Gasteiger partial charge >= 0.3 is 5.97 Å². The van der Waals surface area contributed by atoms with Crippen LogP contribution in [0.2, 0.25) is 0 Å². The van der Waals surface area contributed by atoms with Crippen LogP contribution in [0, 0.1) is 0 Å². The minimum atomic E-state index is -0.560. The minimum absolute atomic E-state index is 0.240. The lowest BCUT2D eigenvalue weighted by Crippen LogP contribution is -2.39. The van der Waals surface area contributed by atoms with Crippen molar-refractivity contribution in [2.45, 2.75) is 52.0 Å². The molecular formula is C20H22BrNO3S2. The molecule has 1 N–H and O–H groups in total. The van der Waals surface area contributed by atoms with Crippen LogP contribution >= 0.6 is 39.5 Å². The number of halogens is 1. The monoisotopic (exact) mass is 467 g/mol. The molecule has 1 aliphatic rings. The molecule has 1 atom stereocenters. The van der Waals surface area contributed by atoms with Crippen molar-refractivity contribution in [3.63, 3.8) is 0 Å². The number of rotatable bonds is 5. The number of fused-ring (bicyclic) bond motifs is 2. The molecule has 0 aliphatic carbocycles. The van der Waals surface area contributed by atoms with Crippen molar-refractivity contribution in [1.29, 1.82) is 0 Å². The molecule has 1 unspecified atom stereocenters. The van der Waals surface area contributed by atoms with Gasteiger partial charge in [-0.2, -0.15) is 0 Å². The van der Waals surface area contributed by atoms with Crippen LogP contribution < -0.4 is 5.32 Å². The summed E-state index contributed by atoms with van der Waals surface area (Å²) < 4.78 is 11.8. The maximum absolute atomic E-state index is 12.5. The van der Waals surface area contributed by atoms with Gasteiger partial charge in [0.05, 0.1) is 6.61 Å². The number of benzene rings is 2. The number of carbonyl (C=O) groups excluding carboxylic acids is 1. The average Bonchev–Trinajstić information content (AvgIpc) is 2.59. The van der Waals surface area contributed by atoms with Crippen LogP contribution in [-0.2, 0) is 14.3 Å². The quantitative estimate of drug-likeness (QED) is 0.476. The lowest BCUT2D eigenvalue weighted by atomic mass is 10.2. The van der Waals surface area contributed by atoms with E-state index in [1.165, 1.54) is 14.7 Å². The molecule has 1 aliphatic heterocycles. The molecule has 0 saturated carbocycles. The molecule has 0 bridgehead atoms. The average molecular weight is 468 g/mol. The van der Waals surface area contributed by atoms with E-state index in [1.54, 1.807) is 30.6 Å². The highest BCUT2D eigenvalue weighted by atomic mass is 79.9. The van der Waals surface area contributed by atoms with E-state index in [4.69, 9.17) is 9.47 Å². The Balaban J connectivity index is 1.79. The van der Waals surface area contributed by atoms with E-state index in [2.05, 4.69) is 45.5 Å². The van der Waals surface area contributed by atoms with Crippen molar-refractivity contribution in [3.05, 3.63) is 40.9 Å². The molecule has 0 aromatic heterocycles. The molecule has 0 fully saturated rings. The third-order valence-electron chi connectivity index (χ3n) is 3.67. The van der Waals surface area contributed by atoms with E-state index in [0.29, 0.717) is 0 Å². The molecular weight excluding hydrogens is 446 g/mol. The number of esters is 1. The second-order valence-corrected chi connectivity index (χ2v) is 10.1. The van der Waals surface area contributed by atoms with E-state index in [1.807, 2.05) is 32.9 Å². The Labute approximate surface area is 176 Å². The van der Waals surface area contributed by atoms with Gasteiger partial charge in [-0.3, -0.25) is 0 Å². The van der Waals surface area contributed by atoms with Gasteiger partial charge in [0.15, 0.2) is 0 Å². The van der Waals surface area contributed by atoms with E-state index in [9.17, 15) is 4.79 Å². The molecule has 144 valence electrons. The largest absolute Gasteiger partial charge is 0.458 e. The van der Waals surface area contributed by atoms with E-state index < -0.39 is 11.6 Å². The normalized spacial score (nSPS) is 14.1. The zero-order chi connectivity index (χ0) is 19.6. The first-order valence-electron chi connectivity index (χ1n) is 8.53. The second kappa shape index (κ2) is 8.47. The van der Waals surface area contributed by atoms with Gasteiger partial charge in [-0.1, -0.05) is 29.6 Å². The Morgan fingerprint density at radius 1 is 1.15 bits per heavy atom. The molecule has 0 amide bonds. The number of carbonyl (C=O) groups is 1. The topological polar surface area (TPSA) is 47.6 Å². The summed E-state index contributed by atoms with van der Waals surface area (Å²) in [5.41, 5.74) is 0.331. The van der Waals surface area contributed by atoms with Gasteiger partial charge in [-0.25, -0.2) is 4.79 Å². The fourth-order valence-electron chi connectivity index (χ4n) is 2.57. The fourth-order valence-corrected chi connectivity index (χ4v) is 5.60. The van der Waals surface area contributed by atoms with Crippen molar-refractivity contribution in [2.75, 3.05) is 19.0 Å². The van der Waals surface area contributed by atoms with Gasteiger partial charge in [-0.15, -0.1) is 0 Å². The van der Waals surface area contributed by atoms with Crippen LogP contribution in [0.1, 0.15) is 20.8 Å². The zero-order valence-corrected chi connectivity index (χ0v) is 18.9. The second-order valence-electron chi connectivity index (χ2n) is 7.12. The number of hydrogen-bond acceptors (Lipinski definition) is 6. The standard InChI is InChI=1S/C20H22BrNO3S2/c1-20(2,3)25-19(23)14(11-24-4)22-12-8-9-15-17(10-12)26-16-7-5-6-13(21)18(16)27-15/h5-10,14,22H,11H2,1-4H3. The highest BCUT2D eigenvalue weighted by molar-refractivity contribution is 9.10. The van der Waals surface area contributed by atoms with Gasteiger partial charge in [-0.05, 0) is 67.0 Å². The predicted octanol–water partition coefficient (Wildman–Crippen LogP) is 5.83. The first-order valence-corrected chi connectivity index (χ1v) is 11.0. The van der Waals surface area contributed by atoms with Gasteiger partial charge in [0.2, 0.25) is 0 Å². The summed E-state index contributed by atoms with van der Waals surface area (Å²) in [6, 6.07) is 11.8. The van der Waals surface area contributed by atoms with Gasteiger partial charge in [0, 0.05) is 36.9 Å². The van der Waals surface area contributed by atoms with Crippen molar-refractivity contribution >= 4 is 51.1 Å². The molecule has 2 aromatic rings. The highest BCUT2D eigenvalue weighted by Gasteiger charge is 2.26. The Morgan fingerprint density at radius 3 is 2.63 bits per heavy atom. The number of hydrogen-bond donors (Lipinski definition) is 1. The third-order valence-corrected chi connectivity index (χ3v) is 7.19. The summed E-state index contributed by atoms with van der Waals surface area (Å²) in [6.45, 7) is 5.81. The van der Waals surface area contributed by atoms with Crippen molar-refractivity contribution in [1.82, 2.24) is 0 Å². The Hall–Kier alpha value is -1.15. The van der Waals surface area contributed by atoms with Crippen molar-refractivity contribution < 1.29 is 14.3 Å². The molecule has 1 heterocycles. The summed E-state index contributed by atoms with van der Waals surface area (Å²) >= 11 is 7.11. The van der Waals surface area contributed by atoms with Crippen LogP contribution in [0.15, 0.2) is 60.5 Å². The molecule has 2 aromatic carbocycles. The number of ether oxygens (including phenoxy) is 2. The van der Waals surface area contributed by atoms with Crippen LogP contribution in [0.25, 0.3) is 0 Å². The molecule has 4 nitrogen and oxygen atoms in total. The highest BCUT2D eigenvalue weighted by Crippen LogP contribution is 2.51. The van der Waals surface area contributed by atoms with Crippen molar-refractivity contribution in [2.24, 2.45) is 0 Å².